The average Bonchev–Trinajstić information content (AvgIpc) is 3.13. The summed E-state index contributed by atoms with van der Waals surface area (Å²) in [5.74, 6) is 0.409. The fourth-order valence-corrected chi connectivity index (χ4v) is 6.54. The molecule has 184 valence electrons. The normalized spacial score (nSPS) is 19.1. The van der Waals surface area contributed by atoms with Gasteiger partial charge in [-0.3, -0.25) is 4.79 Å². The van der Waals surface area contributed by atoms with Crippen molar-refractivity contribution in [3.63, 3.8) is 0 Å². The number of halogens is 1. The molecule has 0 bridgehead atoms. The van der Waals surface area contributed by atoms with Crippen molar-refractivity contribution < 1.29 is 17.6 Å². The minimum absolute atomic E-state index is 0.163. The molecule has 3 aromatic rings. The summed E-state index contributed by atoms with van der Waals surface area (Å²) >= 11 is 0. The molecule has 1 amide bonds. The Bertz CT molecular complexity index is 1330. The number of carbonyl (C=O) groups excluding carboxylic acids is 1. The maximum absolute atomic E-state index is 14.8. The number of aryl methyl sites for hydroxylation is 1. The number of amides is 1. The zero-order chi connectivity index (χ0) is 24.4. The Kier molecular flexibility index (Phi) is 6.66. The van der Waals surface area contributed by atoms with Crippen molar-refractivity contribution in [3.05, 3.63) is 60.2 Å². The smallest absolute Gasteiger partial charge is 0.243 e. The lowest BCUT2D eigenvalue weighted by atomic mass is 10.0. The standard InChI is InChI=1S/C25H28FN5O3S/c26-21-14-13-18(17-20(21)24-29-28-23-12-5-2-7-15-30(23)24)27-25(32)22-11-6-8-16-31(22)35(33,34)19-9-3-1-4-10-19/h1,3-4,9-10,13-14,17,22H,2,5-8,11-12,15-16H2,(H,27,32). The minimum atomic E-state index is -3.82. The van der Waals surface area contributed by atoms with Crippen LogP contribution in [0.3, 0.4) is 0 Å². The van der Waals surface area contributed by atoms with E-state index in [0.717, 1.165) is 44.5 Å². The molecule has 10 heteroatoms. The number of piperidine rings is 1. The van der Waals surface area contributed by atoms with Gasteiger partial charge in [-0.1, -0.05) is 31.0 Å². The van der Waals surface area contributed by atoms with Crippen LogP contribution in [-0.2, 0) is 27.8 Å². The number of fused-ring (bicyclic) bond motifs is 1. The number of nitrogens with one attached hydrogen (secondary N) is 1. The molecule has 1 unspecified atom stereocenters. The first kappa shape index (κ1) is 23.6. The number of hydrogen-bond donors (Lipinski definition) is 1. The first-order valence-electron chi connectivity index (χ1n) is 12.0. The summed E-state index contributed by atoms with van der Waals surface area (Å²) < 4.78 is 44.6. The van der Waals surface area contributed by atoms with Gasteiger partial charge in [-0.15, -0.1) is 10.2 Å². The Hall–Kier alpha value is -3.11. The number of benzene rings is 2. The second-order valence-electron chi connectivity index (χ2n) is 9.03. The van der Waals surface area contributed by atoms with Crippen molar-refractivity contribution in [1.82, 2.24) is 19.1 Å². The van der Waals surface area contributed by atoms with Gasteiger partial charge in [-0.2, -0.15) is 4.31 Å². The summed E-state index contributed by atoms with van der Waals surface area (Å²) in [5.41, 5.74) is 0.654. The number of sulfonamides is 1. The number of carbonyl (C=O) groups is 1. The number of hydrogen-bond acceptors (Lipinski definition) is 5. The van der Waals surface area contributed by atoms with Crippen molar-refractivity contribution in [2.24, 2.45) is 0 Å². The lowest BCUT2D eigenvalue weighted by Gasteiger charge is -2.33. The maximum atomic E-state index is 14.8. The summed E-state index contributed by atoms with van der Waals surface area (Å²) in [7, 11) is -3.82. The first-order chi connectivity index (χ1) is 16.9. The van der Waals surface area contributed by atoms with Crippen molar-refractivity contribution >= 4 is 21.6 Å². The topological polar surface area (TPSA) is 97.2 Å². The molecule has 1 saturated heterocycles. The van der Waals surface area contributed by atoms with Crippen LogP contribution in [0.25, 0.3) is 11.4 Å². The second-order valence-corrected chi connectivity index (χ2v) is 10.9. The van der Waals surface area contributed by atoms with Gasteiger partial charge in [0, 0.05) is 25.2 Å². The predicted octanol–water partition coefficient (Wildman–Crippen LogP) is 3.99. The lowest BCUT2D eigenvalue weighted by molar-refractivity contribution is -0.120. The monoisotopic (exact) mass is 497 g/mol. The molecule has 5 rings (SSSR count). The van der Waals surface area contributed by atoms with E-state index in [2.05, 4.69) is 15.5 Å². The highest BCUT2D eigenvalue weighted by Gasteiger charge is 2.37. The zero-order valence-electron chi connectivity index (χ0n) is 19.4. The van der Waals surface area contributed by atoms with E-state index in [4.69, 9.17) is 0 Å². The molecule has 2 aromatic carbocycles. The Morgan fingerprint density at radius 2 is 1.77 bits per heavy atom. The molecule has 2 aliphatic heterocycles. The van der Waals surface area contributed by atoms with E-state index < -0.39 is 27.8 Å². The van der Waals surface area contributed by atoms with Crippen molar-refractivity contribution in [1.29, 1.82) is 0 Å². The molecule has 2 aliphatic rings. The summed E-state index contributed by atoms with van der Waals surface area (Å²) in [6, 6.07) is 11.6. The summed E-state index contributed by atoms with van der Waals surface area (Å²) in [5, 5.41) is 11.3. The largest absolute Gasteiger partial charge is 0.325 e. The van der Waals surface area contributed by atoms with Gasteiger partial charge in [-0.05, 0) is 56.0 Å². The van der Waals surface area contributed by atoms with Crippen molar-refractivity contribution in [3.8, 4) is 11.4 Å². The number of aromatic nitrogens is 3. The second kappa shape index (κ2) is 9.87. The van der Waals surface area contributed by atoms with Crippen LogP contribution in [0.15, 0.2) is 53.4 Å². The van der Waals surface area contributed by atoms with E-state index in [-0.39, 0.29) is 17.0 Å². The van der Waals surface area contributed by atoms with Gasteiger partial charge < -0.3 is 9.88 Å². The molecule has 0 radical (unpaired) electrons. The molecule has 3 heterocycles. The fourth-order valence-electron chi connectivity index (χ4n) is 4.87. The van der Waals surface area contributed by atoms with Gasteiger partial charge in [-0.25, -0.2) is 12.8 Å². The van der Waals surface area contributed by atoms with Crippen LogP contribution in [0, 0.1) is 5.82 Å². The number of anilines is 1. The molecule has 1 atom stereocenters. The van der Waals surface area contributed by atoms with Crippen LogP contribution < -0.4 is 5.32 Å². The van der Waals surface area contributed by atoms with E-state index >= 15 is 0 Å². The van der Waals surface area contributed by atoms with E-state index in [9.17, 15) is 17.6 Å². The number of rotatable bonds is 5. The highest BCUT2D eigenvalue weighted by molar-refractivity contribution is 7.89. The Morgan fingerprint density at radius 1 is 0.971 bits per heavy atom. The van der Waals surface area contributed by atoms with Crippen LogP contribution in [0.1, 0.15) is 44.3 Å². The maximum Gasteiger partial charge on any atom is 0.243 e. The third kappa shape index (κ3) is 4.72. The third-order valence-electron chi connectivity index (χ3n) is 6.69. The molecule has 1 aromatic heterocycles. The molecular formula is C25H28FN5O3S. The predicted molar refractivity (Wildman–Crippen MR) is 130 cm³/mol. The van der Waals surface area contributed by atoms with Gasteiger partial charge in [0.2, 0.25) is 15.9 Å². The van der Waals surface area contributed by atoms with Crippen LogP contribution in [0.2, 0.25) is 0 Å². The van der Waals surface area contributed by atoms with E-state index in [1.807, 2.05) is 4.57 Å². The summed E-state index contributed by atoms with van der Waals surface area (Å²) in [6.45, 7) is 0.998. The molecule has 0 saturated carbocycles. The third-order valence-corrected chi connectivity index (χ3v) is 8.61. The highest BCUT2D eigenvalue weighted by Crippen LogP contribution is 2.29. The molecular weight excluding hydrogens is 469 g/mol. The van der Waals surface area contributed by atoms with Crippen LogP contribution in [0.4, 0.5) is 10.1 Å². The van der Waals surface area contributed by atoms with Crippen molar-refractivity contribution in [2.75, 3.05) is 11.9 Å². The molecule has 0 aliphatic carbocycles. The molecule has 35 heavy (non-hydrogen) atoms. The van der Waals surface area contributed by atoms with E-state index in [0.29, 0.717) is 24.4 Å². The van der Waals surface area contributed by atoms with Crippen molar-refractivity contribution in [2.45, 2.75) is 62.4 Å². The van der Waals surface area contributed by atoms with Gasteiger partial charge in [0.1, 0.15) is 17.7 Å². The molecule has 1 fully saturated rings. The average molecular weight is 498 g/mol. The van der Waals surface area contributed by atoms with Crippen LogP contribution in [-0.4, -0.2) is 46.0 Å². The van der Waals surface area contributed by atoms with Gasteiger partial charge in [0.15, 0.2) is 5.82 Å². The quantitative estimate of drug-likeness (QED) is 0.575. The Labute approximate surface area is 204 Å². The van der Waals surface area contributed by atoms with E-state index in [1.54, 1.807) is 24.3 Å². The van der Waals surface area contributed by atoms with Crippen LogP contribution >= 0.6 is 0 Å². The van der Waals surface area contributed by atoms with E-state index in [1.165, 1.54) is 28.6 Å². The minimum Gasteiger partial charge on any atom is -0.325 e. The van der Waals surface area contributed by atoms with Gasteiger partial charge in [0.25, 0.3) is 0 Å². The lowest BCUT2D eigenvalue weighted by Crippen LogP contribution is -2.49. The fraction of sp³-hybridized carbons (Fsp3) is 0.400. The summed E-state index contributed by atoms with van der Waals surface area (Å²) in [6.07, 6.45) is 5.76. The number of nitrogens with zero attached hydrogens (tertiary/aromatic N) is 4. The van der Waals surface area contributed by atoms with Crippen LogP contribution in [0.5, 0.6) is 0 Å². The molecule has 0 spiro atoms. The Morgan fingerprint density at radius 3 is 2.60 bits per heavy atom. The Balaban J connectivity index is 1.40. The highest BCUT2D eigenvalue weighted by atomic mass is 32.2. The first-order valence-corrected chi connectivity index (χ1v) is 13.5. The van der Waals surface area contributed by atoms with Gasteiger partial charge >= 0.3 is 0 Å². The molecule has 8 nitrogen and oxygen atoms in total. The molecule has 1 N–H and O–H groups in total. The zero-order valence-corrected chi connectivity index (χ0v) is 20.2. The SMILES string of the molecule is O=C(Nc1ccc(F)c(-c2nnc3n2CCCCC3)c1)C1CCCCN1S(=O)(=O)c1ccccc1. The summed E-state index contributed by atoms with van der Waals surface area (Å²) in [4.78, 5) is 13.4. The van der Waals surface area contributed by atoms with Gasteiger partial charge in [0.05, 0.1) is 10.5 Å².